The maximum Gasteiger partial charge on any atom is 0.317 e. The number of halogens is 3. The summed E-state index contributed by atoms with van der Waals surface area (Å²) in [6.45, 7) is 0. The number of ether oxygens (including phenoxy) is 1. The molecule has 0 bridgehead atoms. The lowest BCUT2D eigenvalue weighted by atomic mass is 10.3. The summed E-state index contributed by atoms with van der Waals surface area (Å²) in [6.07, 6.45) is 1.64. The van der Waals surface area contributed by atoms with Crippen LogP contribution in [0.15, 0.2) is 48.7 Å². The van der Waals surface area contributed by atoms with Crippen molar-refractivity contribution >= 4 is 41.2 Å². The van der Waals surface area contributed by atoms with Crippen molar-refractivity contribution in [3.63, 3.8) is 0 Å². The fourth-order valence-electron chi connectivity index (χ4n) is 1.05. The van der Waals surface area contributed by atoms with Gasteiger partial charge in [-0.1, -0.05) is 29.8 Å². The summed E-state index contributed by atoms with van der Waals surface area (Å²) < 4.78 is 23.8. The molecule has 1 heterocycles. The molecule has 0 saturated heterocycles. The Hall–Kier alpha value is -1.01. The number of pyridine rings is 1. The van der Waals surface area contributed by atoms with Gasteiger partial charge in [-0.3, -0.25) is 0 Å². The lowest BCUT2D eigenvalue weighted by Gasteiger charge is -2.04. The van der Waals surface area contributed by atoms with E-state index in [2.05, 4.69) is 26.3 Å². The molecule has 19 heavy (non-hydrogen) atoms. The molecule has 0 atom stereocenters. The minimum atomic E-state index is -3.72. The van der Waals surface area contributed by atoms with E-state index in [1.165, 1.54) is 0 Å². The van der Waals surface area contributed by atoms with Gasteiger partial charge in [0, 0.05) is 27.6 Å². The predicted molar refractivity (Wildman–Crippen MR) is 76.4 cm³/mol. The van der Waals surface area contributed by atoms with Gasteiger partial charge in [-0.05, 0) is 24.3 Å². The van der Waals surface area contributed by atoms with Crippen LogP contribution in [0.4, 0.5) is 0 Å². The van der Waals surface area contributed by atoms with Crippen LogP contribution in [0.1, 0.15) is 0 Å². The molecule has 0 N–H and O–H groups in total. The average molecular weight is 341 g/mol. The zero-order valence-corrected chi connectivity index (χ0v) is 12.4. The van der Waals surface area contributed by atoms with Gasteiger partial charge in [0.15, 0.2) is 0 Å². The molecule has 0 radical (unpaired) electrons. The summed E-state index contributed by atoms with van der Waals surface area (Å²) in [5.41, 5.74) is 0. The minimum absolute atomic E-state index is 0.431. The molecule has 2 aromatic rings. The van der Waals surface area contributed by atoms with Crippen molar-refractivity contribution in [2.24, 2.45) is 0 Å². The van der Waals surface area contributed by atoms with Crippen LogP contribution in [0.3, 0.4) is 0 Å². The van der Waals surface area contributed by atoms with Gasteiger partial charge in [0.2, 0.25) is 5.88 Å². The fourth-order valence-corrected chi connectivity index (χ4v) is 1.21. The molecule has 2 rings (SSSR count). The number of rotatable bonds is 2. The molecule has 1 aromatic heterocycles. The van der Waals surface area contributed by atoms with Crippen molar-refractivity contribution in [2.45, 2.75) is 0 Å². The van der Waals surface area contributed by atoms with Crippen molar-refractivity contribution in [2.75, 3.05) is 0 Å². The van der Waals surface area contributed by atoms with Gasteiger partial charge >= 0.3 is 8.26 Å². The average Bonchev–Trinajstić information content (AvgIpc) is 2.31. The van der Waals surface area contributed by atoms with E-state index in [1.807, 2.05) is 30.3 Å². The highest BCUT2D eigenvalue weighted by Gasteiger charge is 2.01. The highest BCUT2D eigenvalue weighted by molar-refractivity contribution is 8.31. The van der Waals surface area contributed by atoms with E-state index in [-0.39, 0.29) is 0 Å². The van der Waals surface area contributed by atoms with E-state index in [0.29, 0.717) is 10.9 Å². The Morgan fingerprint density at radius 1 is 1.00 bits per heavy atom. The Kier molecular flexibility index (Phi) is 6.37. The number of hydrogen-bond acceptors (Lipinski definition) is 4. The Balaban J connectivity index is 0.000000312. The lowest BCUT2D eigenvalue weighted by Crippen LogP contribution is -1.87. The van der Waals surface area contributed by atoms with Crippen LogP contribution < -0.4 is 4.74 Å². The summed E-state index contributed by atoms with van der Waals surface area (Å²) in [6, 6.07) is 12.9. The summed E-state index contributed by atoms with van der Waals surface area (Å²) in [7, 11) is 4.81. The van der Waals surface area contributed by atoms with Gasteiger partial charge < -0.3 is 4.74 Å². The molecule has 0 spiro atoms. The third-order valence-corrected chi connectivity index (χ3v) is 1.97. The number of benzene rings is 1. The fraction of sp³-hybridized carbons (Fsp3) is 0. The van der Waals surface area contributed by atoms with Crippen LogP contribution in [0.25, 0.3) is 0 Å². The minimum Gasteiger partial charge on any atom is -0.438 e. The van der Waals surface area contributed by atoms with Gasteiger partial charge in [0.05, 0.1) is 0 Å². The quantitative estimate of drug-likeness (QED) is 0.767. The topological polar surface area (TPSA) is 56.3 Å². The number of aromatic nitrogens is 1. The van der Waals surface area contributed by atoms with Crippen molar-refractivity contribution in [1.82, 2.24) is 4.98 Å². The number of hydrogen-bond donors (Lipinski definition) is 0. The standard InChI is InChI=1S/C11H8ClNO.Cl2O2S/c12-10-7-4-8-13-11(10)14-9-5-2-1-3-6-9;1-5(2,3)4/h1-8H;. The monoisotopic (exact) mass is 339 g/mol. The third-order valence-electron chi connectivity index (χ3n) is 1.68. The van der Waals surface area contributed by atoms with Gasteiger partial charge in [-0.15, -0.1) is 0 Å². The van der Waals surface area contributed by atoms with E-state index in [9.17, 15) is 0 Å². The number of nitrogens with zero attached hydrogens (tertiary/aromatic N) is 1. The summed E-state index contributed by atoms with van der Waals surface area (Å²) >= 11 is 5.89. The van der Waals surface area contributed by atoms with E-state index < -0.39 is 8.26 Å². The Labute approximate surface area is 124 Å². The molecule has 102 valence electrons. The van der Waals surface area contributed by atoms with Crippen LogP contribution >= 0.6 is 33.0 Å². The molecule has 0 unspecified atom stereocenters. The van der Waals surface area contributed by atoms with E-state index in [4.69, 9.17) is 24.8 Å². The van der Waals surface area contributed by atoms with Crippen molar-refractivity contribution in [1.29, 1.82) is 0 Å². The van der Waals surface area contributed by atoms with Gasteiger partial charge in [0.1, 0.15) is 10.8 Å². The Morgan fingerprint density at radius 3 is 2.11 bits per heavy atom. The van der Waals surface area contributed by atoms with Crippen LogP contribution in [-0.2, 0) is 8.26 Å². The van der Waals surface area contributed by atoms with E-state index in [1.54, 1.807) is 18.3 Å². The van der Waals surface area contributed by atoms with Gasteiger partial charge in [-0.25, -0.2) is 4.98 Å². The second kappa shape index (κ2) is 7.55. The van der Waals surface area contributed by atoms with E-state index >= 15 is 0 Å². The van der Waals surface area contributed by atoms with Crippen molar-refractivity contribution in [3.05, 3.63) is 53.7 Å². The molecular formula is C11H8Cl3NO3S. The van der Waals surface area contributed by atoms with Gasteiger partial charge in [0.25, 0.3) is 0 Å². The first-order valence-corrected chi connectivity index (χ1v) is 8.35. The summed E-state index contributed by atoms with van der Waals surface area (Å²) in [5, 5.41) is 0.511. The zero-order valence-electron chi connectivity index (χ0n) is 9.33. The summed E-state index contributed by atoms with van der Waals surface area (Å²) in [5.74, 6) is 1.16. The first-order valence-electron chi connectivity index (χ1n) is 4.84. The SMILES string of the molecule is Clc1cccnc1Oc1ccccc1.O=S(=O)(Cl)Cl. The second-order valence-electron chi connectivity index (χ2n) is 3.08. The smallest absolute Gasteiger partial charge is 0.317 e. The molecular weight excluding hydrogens is 333 g/mol. The predicted octanol–water partition coefficient (Wildman–Crippen LogP) is 4.24. The Morgan fingerprint density at radius 2 is 1.58 bits per heavy atom. The Bertz CT molecular complexity index is 612. The van der Waals surface area contributed by atoms with Crippen LogP contribution in [0, 0.1) is 0 Å². The number of para-hydroxylation sites is 1. The molecule has 0 aliphatic rings. The highest BCUT2D eigenvalue weighted by Crippen LogP contribution is 2.25. The zero-order chi connectivity index (χ0) is 14.3. The normalized spacial score (nSPS) is 10.3. The van der Waals surface area contributed by atoms with Crippen molar-refractivity contribution < 1.29 is 13.2 Å². The summed E-state index contributed by atoms with van der Waals surface area (Å²) in [4.78, 5) is 4.02. The third kappa shape index (κ3) is 7.89. The molecule has 4 nitrogen and oxygen atoms in total. The maximum absolute atomic E-state index is 9.16. The molecule has 1 aromatic carbocycles. The van der Waals surface area contributed by atoms with Crippen LogP contribution in [-0.4, -0.2) is 13.4 Å². The lowest BCUT2D eigenvalue weighted by molar-refractivity contribution is 0.463. The molecule has 0 aliphatic carbocycles. The molecule has 0 saturated carbocycles. The molecule has 0 aliphatic heterocycles. The van der Waals surface area contributed by atoms with Gasteiger partial charge in [-0.2, -0.15) is 8.42 Å². The van der Waals surface area contributed by atoms with Crippen LogP contribution in [0.2, 0.25) is 5.02 Å². The maximum atomic E-state index is 9.16. The van der Waals surface area contributed by atoms with Crippen molar-refractivity contribution in [3.8, 4) is 11.6 Å². The highest BCUT2D eigenvalue weighted by atomic mass is 36.0. The molecule has 8 heteroatoms. The molecule has 0 amide bonds. The first-order chi connectivity index (χ1) is 8.86. The first kappa shape index (κ1) is 16.0. The molecule has 0 fully saturated rings. The second-order valence-corrected chi connectivity index (χ2v) is 7.16. The van der Waals surface area contributed by atoms with E-state index in [0.717, 1.165) is 5.75 Å². The van der Waals surface area contributed by atoms with Crippen LogP contribution in [0.5, 0.6) is 11.6 Å². The largest absolute Gasteiger partial charge is 0.438 e.